The Kier molecular flexibility index (Phi) is 3.31. The number of hydrogen-bond donors (Lipinski definition) is 0. The molecule has 1 aromatic carbocycles. The summed E-state index contributed by atoms with van der Waals surface area (Å²) >= 11 is 1.56. The van der Waals surface area contributed by atoms with E-state index in [2.05, 4.69) is 15.4 Å². The Balaban J connectivity index is 2.26. The van der Waals surface area contributed by atoms with Gasteiger partial charge in [-0.25, -0.2) is 0 Å². The quantitative estimate of drug-likeness (QED) is 0.692. The van der Waals surface area contributed by atoms with E-state index in [-0.39, 0.29) is 0 Å². The molecule has 2 aromatic heterocycles. The molecule has 0 spiro atoms. The fraction of sp³-hybridized carbons (Fsp3) is 0.214. The normalized spacial score (nSPS) is 10.9. The lowest BCUT2D eigenvalue weighted by Crippen LogP contribution is -2.00. The van der Waals surface area contributed by atoms with Gasteiger partial charge < -0.3 is 4.52 Å². The Morgan fingerprint density at radius 1 is 1.10 bits per heavy atom. The zero-order valence-electron chi connectivity index (χ0n) is 11.5. The summed E-state index contributed by atoms with van der Waals surface area (Å²) in [5.41, 5.74) is 2.75. The summed E-state index contributed by atoms with van der Waals surface area (Å²) in [6, 6.07) is 10.0. The molecule has 0 fully saturated rings. The molecule has 0 N–H and O–H groups in total. The summed E-state index contributed by atoms with van der Waals surface area (Å²) in [7, 11) is 0. The van der Waals surface area contributed by atoms with Crippen molar-refractivity contribution in [2.45, 2.75) is 19.0 Å². The molecule has 0 saturated heterocycles. The molecule has 102 valence electrons. The van der Waals surface area contributed by atoms with Crippen LogP contribution in [0.2, 0.25) is 0 Å². The fourth-order valence-corrected chi connectivity index (χ4v) is 2.67. The summed E-state index contributed by atoms with van der Waals surface area (Å²) < 4.78 is 7.27. The van der Waals surface area contributed by atoms with Gasteiger partial charge in [-0.15, -0.1) is 10.2 Å². The highest BCUT2D eigenvalue weighted by molar-refractivity contribution is 7.98. The maximum Gasteiger partial charge on any atom is 0.195 e. The number of hydrogen-bond acceptors (Lipinski definition) is 5. The summed E-state index contributed by atoms with van der Waals surface area (Å²) in [6.45, 7) is 3.80. The first-order valence-electron chi connectivity index (χ1n) is 6.20. The van der Waals surface area contributed by atoms with E-state index in [0.717, 1.165) is 33.7 Å². The first kappa shape index (κ1) is 12.9. The lowest BCUT2D eigenvalue weighted by atomic mass is 10.2. The van der Waals surface area contributed by atoms with Gasteiger partial charge in [-0.1, -0.05) is 35.1 Å². The van der Waals surface area contributed by atoms with Crippen LogP contribution < -0.4 is 0 Å². The smallest absolute Gasteiger partial charge is 0.195 e. The van der Waals surface area contributed by atoms with E-state index in [9.17, 15) is 0 Å². The Hall–Kier alpha value is -2.08. The molecule has 0 bridgehead atoms. The zero-order valence-corrected chi connectivity index (χ0v) is 12.3. The highest BCUT2D eigenvalue weighted by atomic mass is 32.2. The molecule has 0 saturated carbocycles. The van der Waals surface area contributed by atoms with E-state index in [1.54, 1.807) is 11.8 Å². The first-order valence-corrected chi connectivity index (χ1v) is 7.43. The zero-order chi connectivity index (χ0) is 14.1. The standard InChI is InChI=1S/C14H14N4OS/c1-9-12(10(2)19-17-9)13-15-16-14(20-3)18(13)11-7-5-4-6-8-11/h4-8H,1-3H3. The van der Waals surface area contributed by atoms with E-state index >= 15 is 0 Å². The summed E-state index contributed by atoms with van der Waals surface area (Å²) in [4.78, 5) is 0. The van der Waals surface area contributed by atoms with E-state index < -0.39 is 0 Å². The van der Waals surface area contributed by atoms with Gasteiger partial charge >= 0.3 is 0 Å². The SMILES string of the molecule is CSc1nnc(-c2c(C)noc2C)n1-c1ccccc1. The number of para-hydroxylation sites is 1. The Morgan fingerprint density at radius 3 is 2.45 bits per heavy atom. The average Bonchev–Trinajstić information content (AvgIpc) is 3.03. The van der Waals surface area contributed by atoms with Crippen LogP contribution in [0.4, 0.5) is 0 Å². The molecular formula is C14H14N4OS. The van der Waals surface area contributed by atoms with E-state index in [1.165, 1.54) is 0 Å². The molecule has 0 aliphatic rings. The van der Waals surface area contributed by atoms with Crippen LogP contribution in [0.3, 0.4) is 0 Å². The number of nitrogens with zero attached hydrogens (tertiary/aromatic N) is 4. The second-order valence-electron chi connectivity index (χ2n) is 4.38. The van der Waals surface area contributed by atoms with Gasteiger partial charge in [0, 0.05) is 5.69 Å². The van der Waals surface area contributed by atoms with Gasteiger partial charge in [-0.05, 0) is 32.2 Å². The van der Waals surface area contributed by atoms with E-state index in [0.29, 0.717) is 0 Å². The van der Waals surface area contributed by atoms with Crippen LogP contribution in [-0.4, -0.2) is 26.2 Å². The molecule has 3 rings (SSSR count). The lowest BCUT2D eigenvalue weighted by molar-refractivity contribution is 0.393. The number of aromatic nitrogens is 4. The molecule has 0 unspecified atom stereocenters. The molecule has 2 heterocycles. The van der Waals surface area contributed by atoms with Crippen molar-refractivity contribution in [3.05, 3.63) is 41.8 Å². The Bertz CT molecular complexity index is 713. The highest BCUT2D eigenvalue weighted by Gasteiger charge is 2.21. The van der Waals surface area contributed by atoms with Crippen molar-refractivity contribution in [2.75, 3.05) is 6.26 Å². The topological polar surface area (TPSA) is 56.7 Å². The molecule has 5 nitrogen and oxygen atoms in total. The molecule has 0 radical (unpaired) electrons. The molecular weight excluding hydrogens is 272 g/mol. The minimum Gasteiger partial charge on any atom is -0.361 e. The minimum absolute atomic E-state index is 0.750. The highest BCUT2D eigenvalue weighted by Crippen LogP contribution is 2.30. The third-order valence-corrected chi connectivity index (χ3v) is 3.72. The van der Waals surface area contributed by atoms with Crippen molar-refractivity contribution < 1.29 is 4.52 Å². The summed E-state index contributed by atoms with van der Waals surface area (Å²) in [6.07, 6.45) is 1.99. The van der Waals surface area contributed by atoms with Crippen molar-refractivity contribution in [1.29, 1.82) is 0 Å². The van der Waals surface area contributed by atoms with Crippen molar-refractivity contribution in [1.82, 2.24) is 19.9 Å². The number of rotatable bonds is 3. The Labute approximate surface area is 121 Å². The lowest BCUT2D eigenvalue weighted by Gasteiger charge is -2.08. The van der Waals surface area contributed by atoms with Crippen LogP contribution in [0, 0.1) is 13.8 Å². The predicted octanol–water partition coefficient (Wildman–Crippen LogP) is 3.26. The molecule has 0 atom stereocenters. The van der Waals surface area contributed by atoms with Gasteiger partial charge in [-0.2, -0.15) is 0 Å². The molecule has 20 heavy (non-hydrogen) atoms. The van der Waals surface area contributed by atoms with Crippen molar-refractivity contribution in [2.24, 2.45) is 0 Å². The molecule has 3 aromatic rings. The van der Waals surface area contributed by atoms with Crippen molar-refractivity contribution >= 4 is 11.8 Å². The maximum atomic E-state index is 5.25. The van der Waals surface area contributed by atoms with Gasteiger partial charge in [0.2, 0.25) is 0 Å². The van der Waals surface area contributed by atoms with Gasteiger partial charge in [0.05, 0.1) is 11.3 Å². The average molecular weight is 286 g/mol. The van der Waals surface area contributed by atoms with Gasteiger partial charge in [-0.3, -0.25) is 4.57 Å². The van der Waals surface area contributed by atoms with Crippen LogP contribution in [0.5, 0.6) is 0 Å². The van der Waals surface area contributed by atoms with Crippen LogP contribution in [0.15, 0.2) is 40.0 Å². The first-order chi connectivity index (χ1) is 9.72. The van der Waals surface area contributed by atoms with Crippen LogP contribution in [0.25, 0.3) is 17.1 Å². The molecule has 0 aliphatic heterocycles. The van der Waals surface area contributed by atoms with Gasteiger partial charge in [0.1, 0.15) is 5.76 Å². The van der Waals surface area contributed by atoms with E-state index in [4.69, 9.17) is 4.52 Å². The number of aryl methyl sites for hydroxylation is 2. The molecule has 0 amide bonds. The monoisotopic (exact) mass is 286 g/mol. The van der Waals surface area contributed by atoms with Crippen molar-refractivity contribution in [3.63, 3.8) is 0 Å². The van der Waals surface area contributed by atoms with Gasteiger partial charge in [0.15, 0.2) is 11.0 Å². The van der Waals surface area contributed by atoms with Crippen LogP contribution >= 0.6 is 11.8 Å². The van der Waals surface area contributed by atoms with Crippen molar-refractivity contribution in [3.8, 4) is 17.1 Å². The molecule has 6 heteroatoms. The van der Waals surface area contributed by atoms with Crippen LogP contribution in [-0.2, 0) is 0 Å². The third-order valence-electron chi connectivity index (χ3n) is 3.09. The van der Waals surface area contributed by atoms with E-state index in [1.807, 2.05) is 55.0 Å². The number of benzene rings is 1. The minimum atomic E-state index is 0.750. The second-order valence-corrected chi connectivity index (χ2v) is 5.15. The third kappa shape index (κ3) is 2.02. The van der Waals surface area contributed by atoms with Crippen LogP contribution in [0.1, 0.15) is 11.5 Å². The van der Waals surface area contributed by atoms with Gasteiger partial charge in [0.25, 0.3) is 0 Å². The fourth-order valence-electron chi connectivity index (χ4n) is 2.18. The summed E-state index contributed by atoms with van der Waals surface area (Å²) in [5, 5.41) is 13.4. The second kappa shape index (κ2) is 5.13. The predicted molar refractivity (Wildman–Crippen MR) is 78.1 cm³/mol. The summed E-state index contributed by atoms with van der Waals surface area (Å²) in [5.74, 6) is 1.51. The largest absolute Gasteiger partial charge is 0.361 e. The molecule has 0 aliphatic carbocycles. The number of thioether (sulfide) groups is 1. The Morgan fingerprint density at radius 2 is 1.85 bits per heavy atom. The maximum absolute atomic E-state index is 5.25.